The molecule has 0 spiro atoms. The number of aromatic nitrogens is 2. The summed E-state index contributed by atoms with van der Waals surface area (Å²) in [6.07, 6.45) is 2.36. The van der Waals surface area contributed by atoms with Crippen LogP contribution in [0.2, 0.25) is 0 Å². The first kappa shape index (κ1) is 11.2. The second-order valence-electron chi connectivity index (χ2n) is 5.07. The van der Waals surface area contributed by atoms with Gasteiger partial charge in [0.25, 0.3) is 0 Å². The van der Waals surface area contributed by atoms with E-state index in [2.05, 4.69) is 52.2 Å². The van der Waals surface area contributed by atoms with Crippen LogP contribution in [-0.2, 0) is 5.54 Å². The van der Waals surface area contributed by atoms with Crippen LogP contribution in [-0.4, -0.2) is 16.5 Å². The topological polar surface area (TPSA) is 40.7 Å². The zero-order valence-electron chi connectivity index (χ0n) is 10.1. The number of nitrogens with one attached hydrogen (secondary N) is 2. The molecule has 0 bridgehead atoms. The lowest BCUT2D eigenvalue weighted by Crippen LogP contribution is -2.34. The van der Waals surface area contributed by atoms with Gasteiger partial charge < -0.3 is 10.3 Å². The maximum atomic E-state index is 4.77. The van der Waals surface area contributed by atoms with E-state index < -0.39 is 0 Å². The first-order chi connectivity index (χ1) is 8.08. The third-order valence-corrected chi connectivity index (χ3v) is 4.09. The van der Waals surface area contributed by atoms with Crippen molar-refractivity contribution in [3.63, 3.8) is 0 Å². The van der Waals surface area contributed by atoms with Crippen LogP contribution in [0.5, 0.6) is 0 Å². The average molecular weight is 294 g/mol. The molecule has 2 aromatic rings. The molecule has 0 radical (unpaired) electrons. The fourth-order valence-corrected chi connectivity index (χ4v) is 3.18. The van der Waals surface area contributed by atoms with Gasteiger partial charge in [0.2, 0.25) is 0 Å². The van der Waals surface area contributed by atoms with E-state index >= 15 is 0 Å². The minimum atomic E-state index is 0.0118. The van der Waals surface area contributed by atoms with Crippen molar-refractivity contribution in [2.24, 2.45) is 0 Å². The van der Waals surface area contributed by atoms with Crippen LogP contribution in [0.25, 0.3) is 11.0 Å². The second-order valence-corrected chi connectivity index (χ2v) is 5.98. The zero-order chi connectivity index (χ0) is 12.0. The van der Waals surface area contributed by atoms with Crippen LogP contribution in [0, 0.1) is 6.92 Å². The van der Waals surface area contributed by atoms with Crippen molar-refractivity contribution >= 4 is 27.0 Å². The normalized spacial score (nSPS) is 24.6. The minimum Gasteiger partial charge on any atom is -0.340 e. The largest absolute Gasteiger partial charge is 0.340 e. The highest BCUT2D eigenvalue weighted by atomic mass is 79.9. The Kier molecular flexibility index (Phi) is 2.52. The highest BCUT2D eigenvalue weighted by Gasteiger charge is 2.33. The average Bonchev–Trinajstić information content (AvgIpc) is 2.84. The van der Waals surface area contributed by atoms with E-state index in [1.54, 1.807) is 0 Å². The number of fused-ring (bicyclic) bond motifs is 1. The molecule has 0 amide bonds. The molecule has 1 aliphatic rings. The number of benzene rings is 1. The van der Waals surface area contributed by atoms with Crippen molar-refractivity contribution in [2.75, 3.05) is 6.54 Å². The van der Waals surface area contributed by atoms with Gasteiger partial charge in [0, 0.05) is 4.47 Å². The van der Waals surface area contributed by atoms with Gasteiger partial charge in [-0.2, -0.15) is 0 Å². The van der Waals surface area contributed by atoms with Crippen molar-refractivity contribution in [2.45, 2.75) is 32.2 Å². The quantitative estimate of drug-likeness (QED) is 0.847. The van der Waals surface area contributed by atoms with E-state index in [9.17, 15) is 0 Å². The van der Waals surface area contributed by atoms with Gasteiger partial charge in [-0.25, -0.2) is 4.98 Å². The molecule has 0 saturated carbocycles. The van der Waals surface area contributed by atoms with Crippen LogP contribution < -0.4 is 5.32 Å². The molecule has 1 saturated heterocycles. The van der Waals surface area contributed by atoms with Crippen molar-refractivity contribution in [3.8, 4) is 0 Å². The Morgan fingerprint density at radius 3 is 2.94 bits per heavy atom. The Morgan fingerprint density at radius 2 is 2.24 bits per heavy atom. The lowest BCUT2D eigenvalue weighted by atomic mass is 10.00. The molecule has 1 aliphatic heterocycles. The number of imidazole rings is 1. The number of H-pyrrole nitrogens is 1. The summed E-state index contributed by atoms with van der Waals surface area (Å²) >= 11 is 3.53. The summed E-state index contributed by atoms with van der Waals surface area (Å²) in [5.41, 5.74) is 3.41. The van der Waals surface area contributed by atoms with E-state index in [1.807, 2.05) is 0 Å². The van der Waals surface area contributed by atoms with Gasteiger partial charge in [-0.05, 0) is 50.9 Å². The first-order valence-electron chi connectivity index (χ1n) is 6.00. The summed E-state index contributed by atoms with van der Waals surface area (Å²) < 4.78 is 1.10. The standard InChI is InChI=1S/C13H16BrN3/c1-8-6-9(14)7-10-11(8)17-12(16-10)13(2)4-3-5-15-13/h6-7,15H,3-5H2,1-2H3,(H,16,17). The van der Waals surface area contributed by atoms with Crippen LogP contribution in [0.3, 0.4) is 0 Å². The Bertz CT molecular complexity index is 567. The second kappa shape index (κ2) is 3.82. The van der Waals surface area contributed by atoms with Crippen LogP contribution in [0.1, 0.15) is 31.2 Å². The number of aromatic amines is 1. The summed E-state index contributed by atoms with van der Waals surface area (Å²) in [4.78, 5) is 8.22. The number of nitrogens with zero attached hydrogens (tertiary/aromatic N) is 1. The molecule has 0 aliphatic carbocycles. The van der Waals surface area contributed by atoms with Gasteiger partial charge in [0.15, 0.2) is 0 Å². The monoisotopic (exact) mass is 293 g/mol. The van der Waals surface area contributed by atoms with Crippen LogP contribution >= 0.6 is 15.9 Å². The molecular formula is C13H16BrN3. The van der Waals surface area contributed by atoms with Crippen LogP contribution in [0.4, 0.5) is 0 Å². The zero-order valence-corrected chi connectivity index (χ0v) is 11.7. The Labute approximate surface area is 109 Å². The van der Waals surface area contributed by atoms with Crippen LogP contribution in [0.15, 0.2) is 16.6 Å². The molecule has 90 valence electrons. The molecule has 3 nitrogen and oxygen atoms in total. The molecule has 17 heavy (non-hydrogen) atoms. The lowest BCUT2D eigenvalue weighted by molar-refractivity contribution is 0.412. The van der Waals surface area contributed by atoms with E-state index in [4.69, 9.17) is 4.98 Å². The predicted molar refractivity (Wildman–Crippen MR) is 73.1 cm³/mol. The third kappa shape index (κ3) is 1.79. The summed E-state index contributed by atoms with van der Waals surface area (Å²) in [7, 11) is 0. The van der Waals surface area contributed by atoms with E-state index in [1.165, 1.54) is 12.0 Å². The van der Waals surface area contributed by atoms with E-state index in [0.717, 1.165) is 34.3 Å². The van der Waals surface area contributed by atoms with Gasteiger partial charge in [-0.1, -0.05) is 15.9 Å². The molecule has 2 heterocycles. The molecular weight excluding hydrogens is 278 g/mol. The Hall–Kier alpha value is -0.870. The highest BCUT2D eigenvalue weighted by Crippen LogP contribution is 2.31. The lowest BCUT2D eigenvalue weighted by Gasteiger charge is -2.21. The molecule has 1 aromatic carbocycles. The Balaban J connectivity index is 2.16. The number of hydrogen-bond donors (Lipinski definition) is 2. The number of halogens is 1. The maximum absolute atomic E-state index is 4.77. The predicted octanol–water partition coefficient (Wildman–Crippen LogP) is 3.23. The summed E-state index contributed by atoms with van der Waals surface area (Å²) in [6.45, 7) is 5.40. The molecule has 3 rings (SSSR count). The number of aryl methyl sites for hydroxylation is 1. The fourth-order valence-electron chi connectivity index (χ4n) is 2.60. The Morgan fingerprint density at radius 1 is 1.41 bits per heavy atom. The van der Waals surface area contributed by atoms with Crippen molar-refractivity contribution in [1.82, 2.24) is 15.3 Å². The van der Waals surface area contributed by atoms with Gasteiger partial charge in [-0.3, -0.25) is 0 Å². The summed E-state index contributed by atoms with van der Waals surface area (Å²) in [5, 5.41) is 3.54. The molecule has 1 atom stereocenters. The summed E-state index contributed by atoms with van der Waals surface area (Å²) in [5.74, 6) is 1.06. The van der Waals surface area contributed by atoms with Crippen molar-refractivity contribution in [1.29, 1.82) is 0 Å². The molecule has 4 heteroatoms. The molecule has 1 unspecified atom stereocenters. The van der Waals surface area contributed by atoms with E-state index in [0.29, 0.717) is 0 Å². The van der Waals surface area contributed by atoms with E-state index in [-0.39, 0.29) is 5.54 Å². The fraction of sp³-hybridized carbons (Fsp3) is 0.462. The van der Waals surface area contributed by atoms with Crippen molar-refractivity contribution in [3.05, 3.63) is 28.0 Å². The number of hydrogen-bond acceptors (Lipinski definition) is 2. The minimum absolute atomic E-state index is 0.0118. The number of rotatable bonds is 1. The van der Waals surface area contributed by atoms with Gasteiger partial charge in [0.1, 0.15) is 5.82 Å². The van der Waals surface area contributed by atoms with Gasteiger partial charge in [-0.15, -0.1) is 0 Å². The van der Waals surface area contributed by atoms with Gasteiger partial charge >= 0.3 is 0 Å². The summed E-state index contributed by atoms with van der Waals surface area (Å²) in [6, 6.07) is 4.20. The molecule has 2 N–H and O–H groups in total. The van der Waals surface area contributed by atoms with Crippen molar-refractivity contribution < 1.29 is 0 Å². The molecule has 1 fully saturated rings. The first-order valence-corrected chi connectivity index (χ1v) is 6.79. The highest BCUT2D eigenvalue weighted by molar-refractivity contribution is 9.10. The molecule has 1 aromatic heterocycles. The van der Waals surface area contributed by atoms with Gasteiger partial charge in [0.05, 0.1) is 16.6 Å². The third-order valence-electron chi connectivity index (χ3n) is 3.63. The maximum Gasteiger partial charge on any atom is 0.127 e. The smallest absolute Gasteiger partial charge is 0.127 e. The SMILES string of the molecule is Cc1cc(Br)cc2[nH]c(C3(C)CCCN3)nc12.